The van der Waals surface area contributed by atoms with Crippen molar-refractivity contribution in [3.63, 3.8) is 0 Å². The predicted octanol–water partition coefficient (Wildman–Crippen LogP) is 4.01. The zero-order valence-corrected chi connectivity index (χ0v) is 11.7. The second-order valence-electron chi connectivity index (χ2n) is 4.25. The highest BCUT2D eigenvalue weighted by Crippen LogP contribution is 2.33. The molecule has 0 saturated carbocycles. The third kappa shape index (κ3) is 3.49. The Morgan fingerprint density at radius 2 is 1.84 bits per heavy atom. The van der Waals surface area contributed by atoms with Crippen molar-refractivity contribution in [2.75, 3.05) is 7.11 Å². The lowest BCUT2D eigenvalue weighted by molar-refractivity contribution is 0.414. The van der Waals surface area contributed by atoms with Gasteiger partial charge in [0.15, 0.2) is 0 Å². The summed E-state index contributed by atoms with van der Waals surface area (Å²) in [5, 5.41) is 0. The molecular formula is C15H16FNOS. The maximum Gasteiger partial charge on any atom is 0.123 e. The Balaban J connectivity index is 2.26. The predicted molar refractivity (Wildman–Crippen MR) is 76.1 cm³/mol. The second-order valence-corrected chi connectivity index (χ2v) is 5.36. The minimum atomic E-state index is -0.258. The molecule has 19 heavy (non-hydrogen) atoms. The summed E-state index contributed by atoms with van der Waals surface area (Å²) in [7, 11) is 1.64. The summed E-state index contributed by atoms with van der Waals surface area (Å²) in [6.45, 7) is 1.85. The normalized spacial score (nSPS) is 12.2. The monoisotopic (exact) mass is 277 g/mol. The van der Waals surface area contributed by atoms with E-state index in [4.69, 9.17) is 10.5 Å². The Bertz CT molecular complexity index is 555. The first-order valence-corrected chi connectivity index (χ1v) is 6.78. The van der Waals surface area contributed by atoms with E-state index >= 15 is 0 Å². The Labute approximate surface area is 116 Å². The molecule has 0 bridgehead atoms. The van der Waals surface area contributed by atoms with Crippen LogP contribution in [0.2, 0.25) is 0 Å². The number of hydrogen-bond acceptors (Lipinski definition) is 3. The van der Waals surface area contributed by atoms with E-state index in [0.717, 1.165) is 21.1 Å². The molecule has 2 aromatic carbocycles. The van der Waals surface area contributed by atoms with Crippen LogP contribution in [0.25, 0.3) is 0 Å². The van der Waals surface area contributed by atoms with E-state index in [1.54, 1.807) is 24.9 Å². The van der Waals surface area contributed by atoms with Gasteiger partial charge in [-0.3, -0.25) is 0 Å². The minimum Gasteiger partial charge on any atom is -0.497 e. The molecule has 0 amide bonds. The SMILES string of the molecule is COc1ccc(Sc2ccc(F)cc2C(C)N)cc1. The highest BCUT2D eigenvalue weighted by atomic mass is 32.2. The molecule has 0 saturated heterocycles. The Morgan fingerprint density at radius 1 is 1.16 bits per heavy atom. The number of hydrogen-bond donors (Lipinski definition) is 1. The van der Waals surface area contributed by atoms with Gasteiger partial charge in [-0.05, 0) is 55.0 Å². The summed E-state index contributed by atoms with van der Waals surface area (Å²) in [6, 6.07) is 12.3. The Hall–Kier alpha value is -1.52. The molecule has 4 heteroatoms. The average Bonchev–Trinajstić information content (AvgIpc) is 2.41. The Kier molecular flexibility index (Phi) is 4.45. The highest BCUT2D eigenvalue weighted by molar-refractivity contribution is 7.99. The largest absolute Gasteiger partial charge is 0.497 e. The molecule has 2 aromatic rings. The van der Waals surface area contributed by atoms with Gasteiger partial charge in [-0.1, -0.05) is 11.8 Å². The van der Waals surface area contributed by atoms with E-state index in [1.165, 1.54) is 12.1 Å². The van der Waals surface area contributed by atoms with Crippen LogP contribution >= 0.6 is 11.8 Å². The molecule has 0 fully saturated rings. The molecule has 2 N–H and O–H groups in total. The van der Waals surface area contributed by atoms with Crippen LogP contribution in [0.3, 0.4) is 0 Å². The number of benzene rings is 2. The van der Waals surface area contributed by atoms with Gasteiger partial charge >= 0.3 is 0 Å². The van der Waals surface area contributed by atoms with E-state index in [9.17, 15) is 4.39 Å². The molecule has 0 spiro atoms. The molecule has 1 atom stereocenters. The van der Waals surface area contributed by atoms with Gasteiger partial charge < -0.3 is 10.5 Å². The molecule has 1 unspecified atom stereocenters. The third-order valence-corrected chi connectivity index (χ3v) is 3.85. The van der Waals surface area contributed by atoms with Crippen molar-refractivity contribution in [3.8, 4) is 5.75 Å². The lowest BCUT2D eigenvalue weighted by atomic mass is 10.1. The summed E-state index contributed by atoms with van der Waals surface area (Å²) < 4.78 is 18.4. The molecule has 2 nitrogen and oxygen atoms in total. The first-order valence-electron chi connectivity index (χ1n) is 5.97. The van der Waals surface area contributed by atoms with Gasteiger partial charge in [0.25, 0.3) is 0 Å². The second kappa shape index (κ2) is 6.08. The van der Waals surface area contributed by atoms with Gasteiger partial charge in [0.2, 0.25) is 0 Å². The van der Waals surface area contributed by atoms with E-state index in [0.29, 0.717) is 0 Å². The molecule has 0 aliphatic heterocycles. The van der Waals surface area contributed by atoms with Gasteiger partial charge in [0, 0.05) is 15.8 Å². The standard InChI is InChI=1S/C15H16FNOS/c1-10(17)14-9-11(16)3-8-15(14)19-13-6-4-12(18-2)5-7-13/h3-10H,17H2,1-2H3. The van der Waals surface area contributed by atoms with Crippen molar-refractivity contribution in [1.82, 2.24) is 0 Å². The van der Waals surface area contributed by atoms with E-state index < -0.39 is 0 Å². The lowest BCUT2D eigenvalue weighted by Crippen LogP contribution is -2.06. The quantitative estimate of drug-likeness (QED) is 0.917. The molecule has 0 aromatic heterocycles. The molecule has 0 radical (unpaired) electrons. The average molecular weight is 277 g/mol. The van der Waals surface area contributed by atoms with E-state index in [-0.39, 0.29) is 11.9 Å². The molecule has 0 aliphatic rings. The van der Waals surface area contributed by atoms with Gasteiger partial charge in [0.05, 0.1) is 7.11 Å². The maximum atomic E-state index is 13.3. The Morgan fingerprint density at radius 3 is 2.42 bits per heavy atom. The van der Waals surface area contributed by atoms with Gasteiger partial charge in [-0.25, -0.2) is 4.39 Å². The molecular weight excluding hydrogens is 261 g/mol. The molecule has 0 heterocycles. The third-order valence-electron chi connectivity index (χ3n) is 2.75. The van der Waals surface area contributed by atoms with E-state index in [2.05, 4.69) is 0 Å². The summed E-state index contributed by atoms with van der Waals surface area (Å²) in [5.74, 6) is 0.558. The first kappa shape index (κ1) is 13.9. The van der Waals surface area contributed by atoms with Gasteiger partial charge in [-0.15, -0.1) is 0 Å². The number of methoxy groups -OCH3 is 1. The molecule has 100 valence electrons. The molecule has 2 rings (SSSR count). The zero-order valence-electron chi connectivity index (χ0n) is 10.9. The van der Waals surface area contributed by atoms with Gasteiger partial charge in [-0.2, -0.15) is 0 Å². The van der Waals surface area contributed by atoms with E-state index in [1.807, 2.05) is 31.2 Å². The van der Waals surface area contributed by atoms with Crippen LogP contribution < -0.4 is 10.5 Å². The van der Waals surface area contributed by atoms with Crippen LogP contribution in [0.4, 0.5) is 4.39 Å². The van der Waals surface area contributed by atoms with Gasteiger partial charge in [0.1, 0.15) is 11.6 Å². The highest BCUT2D eigenvalue weighted by Gasteiger charge is 2.09. The van der Waals surface area contributed by atoms with Crippen molar-refractivity contribution < 1.29 is 9.13 Å². The van der Waals surface area contributed by atoms with Crippen molar-refractivity contribution >= 4 is 11.8 Å². The van der Waals surface area contributed by atoms with Crippen LogP contribution in [0, 0.1) is 5.82 Å². The first-order chi connectivity index (χ1) is 9.10. The van der Waals surface area contributed by atoms with Crippen molar-refractivity contribution in [2.24, 2.45) is 5.73 Å². The van der Waals surface area contributed by atoms with Crippen molar-refractivity contribution in [2.45, 2.75) is 22.8 Å². The maximum absolute atomic E-state index is 13.3. The number of ether oxygens (including phenoxy) is 1. The van der Waals surface area contributed by atoms with Crippen LogP contribution in [0.15, 0.2) is 52.3 Å². The number of nitrogens with two attached hydrogens (primary N) is 1. The minimum absolute atomic E-state index is 0.198. The topological polar surface area (TPSA) is 35.2 Å². The van der Waals surface area contributed by atoms with Crippen LogP contribution in [0.5, 0.6) is 5.75 Å². The summed E-state index contributed by atoms with van der Waals surface area (Å²) in [4.78, 5) is 2.04. The number of rotatable bonds is 4. The fourth-order valence-corrected chi connectivity index (χ4v) is 2.76. The summed E-state index contributed by atoms with van der Waals surface area (Å²) >= 11 is 1.57. The van der Waals surface area contributed by atoms with Crippen LogP contribution in [-0.4, -0.2) is 7.11 Å². The smallest absolute Gasteiger partial charge is 0.123 e. The van der Waals surface area contributed by atoms with Crippen LogP contribution in [0.1, 0.15) is 18.5 Å². The lowest BCUT2D eigenvalue weighted by Gasteiger charge is -2.12. The van der Waals surface area contributed by atoms with Crippen LogP contribution in [-0.2, 0) is 0 Å². The number of halogens is 1. The summed E-state index contributed by atoms with van der Waals surface area (Å²) in [6.07, 6.45) is 0. The fraction of sp³-hybridized carbons (Fsp3) is 0.200. The van der Waals surface area contributed by atoms with Crippen molar-refractivity contribution in [3.05, 3.63) is 53.8 Å². The molecule has 0 aliphatic carbocycles. The van der Waals surface area contributed by atoms with Crippen molar-refractivity contribution in [1.29, 1.82) is 0 Å². The fourth-order valence-electron chi connectivity index (χ4n) is 1.74. The summed E-state index contributed by atoms with van der Waals surface area (Å²) in [5.41, 5.74) is 6.70. The zero-order chi connectivity index (χ0) is 13.8.